The van der Waals surface area contributed by atoms with Crippen molar-refractivity contribution in [2.24, 2.45) is 0 Å². The molecule has 0 aliphatic rings. The van der Waals surface area contributed by atoms with E-state index in [1.54, 1.807) is 33.5 Å². The summed E-state index contributed by atoms with van der Waals surface area (Å²) in [6.07, 6.45) is 2.68. The van der Waals surface area contributed by atoms with E-state index in [2.05, 4.69) is 31.8 Å². The first-order valence-electron chi connectivity index (χ1n) is 11.4. The van der Waals surface area contributed by atoms with E-state index < -0.39 is 0 Å². The van der Waals surface area contributed by atoms with Crippen LogP contribution in [0.5, 0.6) is 5.88 Å². The van der Waals surface area contributed by atoms with Gasteiger partial charge in [-0.25, -0.2) is 19.9 Å². The summed E-state index contributed by atoms with van der Waals surface area (Å²) in [6, 6.07) is 23.7. The minimum Gasteiger partial charge on any atom is -0.464 e. The topological polar surface area (TPSA) is 79.2 Å². The van der Waals surface area contributed by atoms with E-state index in [0.717, 1.165) is 28.2 Å². The van der Waals surface area contributed by atoms with E-state index in [0.29, 0.717) is 12.5 Å². The third-order valence-electron chi connectivity index (χ3n) is 5.17. The molecule has 0 saturated carbocycles. The number of benzene rings is 2. The maximum atomic E-state index is 5.53. The summed E-state index contributed by atoms with van der Waals surface area (Å²) >= 11 is 0. The van der Waals surface area contributed by atoms with Crippen molar-refractivity contribution in [1.29, 1.82) is 0 Å². The van der Waals surface area contributed by atoms with E-state index in [4.69, 9.17) is 14.2 Å². The van der Waals surface area contributed by atoms with Gasteiger partial charge in [-0.3, -0.25) is 0 Å². The maximum absolute atomic E-state index is 5.53. The van der Waals surface area contributed by atoms with E-state index in [9.17, 15) is 0 Å². The third-order valence-corrected chi connectivity index (χ3v) is 5.17. The molecule has 184 valence electrons. The van der Waals surface area contributed by atoms with Crippen molar-refractivity contribution in [3.8, 4) is 17.7 Å². The molecule has 0 fully saturated rings. The summed E-state index contributed by atoms with van der Waals surface area (Å²) in [6.45, 7) is 4.03. The molecule has 2 heterocycles. The molecule has 7 nitrogen and oxygen atoms in total. The van der Waals surface area contributed by atoms with Crippen molar-refractivity contribution in [2.45, 2.75) is 26.1 Å². The second kappa shape index (κ2) is 14.3. The first kappa shape index (κ1) is 26.5. The van der Waals surface area contributed by atoms with Crippen LogP contribution in [0.1, 0.15) is 47.3 Å². The molecule has 0 saturated heterocycles. The quantitative estimate of drug-likeness (QED) is 0.322. The summed E-state index contributed by atoms with van der Waals surface area (Å²) in [5, 5.41) is 0. The number of ether oxygens (including phenoxy) is 3. The van der Waals surface area contributed by atoms with Crippen LogP contribution in [0.15, 0.2) is 85.5 Å². The van der Waals surface area contributed by atoms with Crippen LogP contribution < -0.4 is 4.74 Å². The first-order valence-corrected chi connectivity index (χ1v) is 11.4. The molecule has 0 aliphatic heterocycles. The van der Waals surface area contributed by atoms with Gasteiger partial charge in [0.15, 0.2) is 6.61 Å². The number of hydrogen-bond donors (Lipinski definition) is 0. The highest BCUT2D eigenvalue weighted by Gasteiger charge is 2.16. The predicted octanol–water partition coefficient (Wildman–Crippen LogP) is 5.14. The first-order chi connectivity index (χ1) is 17.7. The number of rotatable bonds is 8. The van der Waals surface area contributed by atoms with E-state index >= 15 is 0 Å². The minimum absolute atomic E-state index is 0.122. The fraction of sp³-hybridized carbons (Fsp3) is 0.241. The zero-order valence-electron chi connectivity index (χ0n) is 21.0. The van der Waals surface area contributed by atoms with E-state index in [1.165, 1.54) is 6.33 Å². The number of methoxy groups -OCH3 is 2. The van der Waals surface area contributed by atoms with Gasteiger partial charge in [0.2, 0.25) is 5.88 Å². The smallest absolute Gasteiger partial charge is 0.217 e. The summed E-state index contributed by atoms with van der Waals surface area (Å²) in [4.78, 5) is 16.7. The molecule has 0 radical (unpaired) electrons. The molecule has 4 rings (SSSR count). The molecule has 0 bridgehead atoms. The normalized spacial score (nSPS) is 11.8. The predicted molar refractivity (Wildman–Crippen MR) is 138 cm³/mol. The van der Waals surface area contributed by atoms with Crippen molar-refractivity contribution in [2.75, 3.05) is 20.8 Å². The molecule has 0 N–H and O–H groups in total. The Morgan fingerprint density at radius 2 is 1.25 bits per heavy atom. The summed E-state index contributed by atoms with van der Waals surface area (Å²) < 4.78 is 16.5. The lowest BCUT2D eigenvalue weighted by atomic mass is 10.1. The molecule has 7 heteroatoms. The van der Waals surface area contributed by atoms with Crippen LogP contribution in [0.2, 0.25) is 0 Å². The Labute approximate surface area is 212 Å². The Kier molecular flexibility index (Phi) is 10.5. The lowest BCUT2D eigenvalue weighted by Gasteiger charge is -2.15. The van der Waals surface area contributed by atoms with Crippen molar-refractivity contribution < 1.29 is 14.2 Å². The monoisotopic (exact) mass is 482 g/mol. The average molecular weight is 483 g/mol. The Morgan fingerprint density at radius 3 is 1.75 bits per heavy atom. The lowest BCUT2D eigenvalue weighted by Crippen LogP contribution is -2.07. The maximum Gasteiger partial charge on any atom is 0.217 e. The van der Waals surface area contributed by atoms with Gasteiger partial charge in [-0.2, -0.15) is 0 Å². The van der Waals surface area contributed by atoms with Crippen LogP contribution in [0, 0.1) is 18.8 Å². The molecular formula is C29H30N4O3. The van der Waals surface area contributed by atoms with Crippen LogP contribution in [0.4, 0.5) is 0 Å². The van der Waals surface area contributed by atoms with E-state index in [-0.39, 0.29) is 12.2 Å². The van der Waals surface area contributed by atoms with Gasteiger partial charge in [-0.1, -0.05) is 66.6 Å². The molecule has 2 unspecified atom stereocenters. The Hall–Kier alpha value is -4.12. The molecule has 4 aromatic rings. The Bertz CT molecular complexity index is 1260. The van der Waals surface area contributed by atoms with Gasteiger partial charge in [0.1, 0.15) is 24.9 Å². The molecule has 2 aromatic carbocycles. The van der Waals surface area contributed by atoms with Crippen molar-refractivity contribution in [3.63, 3.8) is 0 Å². The summed E-state index contributed by atoms with van der Waals surface area (Å²) in [5.74, 6) is 6.09. The van der Waals surface area contributed by atoms with Crippen molar-refractivity contribution in [1.82, 2.24) is 19.9 Å². The SMILES string of the molecule is CC#CCOc1cc(C(OC)c2ccccc2)ncn1.COC(c1ccccc1)c1cc(C)ncn1. The number of aromatic nitrogens is 4. The number of hydrogen-bond acceptors (Lipinski definition) is 7. The molecule has 0 aliphatic carbocycles. The van der Waals surface area contributed by atoms with Gasteiger partial charge in [0.05, 0.1) is 11.4 Å². The van der Waals surface area contributed by atoms with Crippen LogP contribution >= 0.6 is 0 Å². The van der Waals surface area contributed by atoms with Crippen LogP contribution in [-0.4, -0.2) is 40.8 Å². The highest BCUT2D eigenvalue weighted by molar-refractivity contribution is 5.28. The molecule has 36 heavy (non-hydrogen) atoms. The zero-order valence-corrected chi connectivity index (χ0v) is 21.0. The summed E-state index contributed by atoms with van der Waals surface area (Å²) in [5.41, 5.74) is 4.73. The van der Waals surface area contributed by atoms with E-state index in [1.807, 2.05) is 73.7 Å². The van der Waals surface area contributed by atoms with Gasteiger partial charge in [0, 0.05) is 26.0 Å². The number of aryl methyl sites for hydroxylation is 1. The molecule has 2 atom stereocenters. The van der Waals surface area contributed by atoms with Crippen molar-refractivity contribution in [3.05, 3.63) is 114 Å². The van der Waals surface area contributed by atoms with Crippen LogP contribution in [-0.2, 0) is 9.47 Å². The minimum atomic E-state index is -0.237. The fourth-order valence-corrected chi connectivity index (χ4v) is 3.49. The van der Waals surface area contributed by atoms with Crippen molar-refractivity contribution >= 4 is 0 Å². The molecule has 2 aromatic heterocycles. The standard InChI is InChI=1S/C16H16N2O2.C13H14N2O/c1-3-4-10-20-15-11-14(17-12-18-15)16(19-2)13-8-6-5-7-9-13;1-10-8-12(15-9-14-10)13(16-2)11-6-4-3-5-7-11/h5-9,11-12,16H,10H2,1-2H3;3-9,13H,1-2H3. The Balaban J connectivity index is 0.000000205. The van der Waals surface area contributed by atoms with Crippen LogP contribution in [0.3, 0.4) is 0 Å². The molecule has 0 amide bonds. The molecule has 0 spiro atoms. The lowest BCUT2D eigenvalue weighted by molar-refractivity contribution is 0.132. The second-order valence-corrected chi connectivity index (χ2v) is 7.63. The van der Waals surface area contributed by atoms with Crippen LogP contribution in [0.25, 0.3) is 0 Å². The number of nitrogens with zero attached hydrogens (tertiary/aromatic N) is 4. The van der Waals surface area contributed by atoms with Gasteiger partial charge in [-0.05, 0) is 31.0 Å². The zero-order chi connectivity index (χ0) is 25.6. The second-order valence-electron chi connectivity index (χ2n) is 7.63. The third kappa shape index (κ3) is 7.70. The Morgan fingerprint density at radius 1 is 0.722 bits per heavy atom. The van der Waals surface area contributed by atoms with Gasteiger partial charge < -0.3 is 14.2 Å². The summed E-state index contributed by atoms with van der Waals surface area (Å²) in [7, 11) is 3.35. The van der Waals surface area contributed by atoms with Gasteiger partial charge >= 0.3 is 0 Å². The largest absolute Gasteiger partial charge is 0.464 e. The molecular weight excluding hydrogens is 452 g/mol. The average Bonchev–Trinajstić information content (AvgIpc) is 2.92. The fourth-order valence-electron chi connectivity index (χ4n) is 3.49. The highest BCUT2D eigenvalue weighted by Crippen LogP contribution is 2.25. The van der Waals surface area contributed by atoms with Gasteiger partial charge in [-0.15, -0.1) is 5.92 Å². The highest BCUT2D eigenvalue weighted by atomic mass is 16.5. The van der Waals surface area contributed by atoms with Gasteiger partial charge in [0.25, 0.3) is 0 Å².